The minimum Gasteiger partial charge on any atom is -0.301 e. The monoisotopic (exact) mass is 241 g/mol. The molecule has 2 aliphatic heterocycles. The maximum atomic E-state index is 4.93. The number of pyridine rings is 1. The highest BCUT2D eigenvalue weighted by Gasteiger charge is 2.40. The quantitative estimate of drug-likeness (QED) is 0.707. The van der Waals surface area contributed by atoms with Crippen LogP contribution in [0.25, 0.3) is 5.65 Å². The Labute approximate surface area is 107 Å². The zero-order chi connectivity index (χ0) is 12.4. The summed E-state index contributed by atoms with van der Waals surface area (Å²) in [5, 5.41) is 0. The lowest BCUT2D eigenvalue weighted by molar-refractivity contribution is 0.219. The first kappa shape index (κ1) is 10.6. The average molecular weight is 241 g/mol. The van der Waals surface area contributed by atoms with Crippen LogP contribution in [-0.4, -0.2) is 27.4 Å². The predicted molar refractivity (Wildman–Crippen MR) is 71.9 cm³/mol. The van der Waals surface area contributed by atoms with E-state index in [1.807, 2.05) is 0 Å². The zero-order valence-electron chi connectivity index (χ0n) is 11.3. The summed E-state index contributed by atoms with van der Waals surface area (Å²) in [5.41, 5.74) is 6.56. The fourth-order valence-electron chi connectivity index (χ4n) is 3.89. The van der Waals surface area contributed by atoms with Crippen molar-refractivity contribution >= 4 is 5.65 Å². The van der Waals surface area contributed by atoms with Gasteiger partial charge in [-0.2, -0.15) is 0 Å². The Bertz CT molecular complexity index is 641. The molecule has 0 aliphatic carbocycles. The highest BCUT2D eigenvalue weighted by atomic mass is 15.2. The SMILES string of the molecule is Cc1cc(C)n2c3c(nc2c1)C1CCC(C3)N1C. The number of likely N-dealkylation sites (N-methyl/N-ethyl adjacent to an activating group) is 1. The van der Waals surface area contributed by atoms with E-state index in [4.69, 9.17) is 4.98 Å². The van der Waals surface area contributed by atoms with Crippen LogP contribution in [0.1, 0.15) is 41.5 Å². The van der Waals surface area contributed by atoms with Gasteiger partial charge in [-0.25, -0.2) is 4.98 Å². The van der Waals surface area contributed by atoms with Crippen molar-refractivity contribution in [3.63, 3.8) is 0 Å². The van der Waals surface area contributed by atoms with Gasteiger partial charge in [-0.3, -0.25) is 4.90 Å². The highest BCUT2D eigenvalue weighted by molar-refractivity contribution is 5.49. The summed E-state index contributed by atoms with van der Waals surface area (Å²) < 4.78 is 2.38. The number of hydrogen-bond acceptors (Lipinski definition) is 2. The first-order chi connectivity index (χ1) is 8.65. The third-order valence-electron chi connectivity index (χ3n) is 4.76. The molecule has 2 aliphatic rings. The number of aryl methyl sites for hydroxylation is 2. The van der Waals surface area contributed by atoms with E-state index in [1.54, 1.807) is 0 Å². The molecule has 2 aromatic heterocycles. The zero-order valence-corrected chi connectivity index (χ0v) is 11.3. The molecule has 94 valence electrons. The van der Waals surface area contributed by atoms with Crippen LogP contribution in [-0.2, 0) is 6.42 Å². The molecule has 4 rings (SSSR count). The lowest BCUT2D eigenvalue weighted by Gasteiger charge is -2.30. The fraction of sp³-hybridized carbons (Fsp3) is 0.533. The van der Waals surface area contributed by atoms with E-state index in [-0.39, 0.29) is 0 Å². The molecule has 3 heteroatoms. The second-order valence-corrected chi connectivity index (χ2v) is 5.93. The molecule has 3 nitrogen and oxygen atoms in total. The van der Waals surface area contributed by atoms with Gasteiger partial charge in [-0.15, -0.1) is 0 Å². The van der Waals surface area contributed by atoms with E-state index >= 15 is 0 Å². The number of fused-ring (bicyclic) bond motifs is 6. The van der Waals surface area contributed by atoms with Crippen molar-refractivity contribution in [2.75, 3.05) is 7.05 Å². The van der Waals surface area contributed by atoms with Crippen LogP contribution in [0.4, 0.5) is 0 Å². The van der Waals surface area contributed by atoms with Gasteiger partial charge in [0.25, 0.3) is 0 Å². The van der Waals surface area contributed by atoms with Gasteiger partial charge < -0.3 is 4.40 Å². The number of imidazole rings is 1. The van der Waals surface area contributed by atoms with E-state index in [9.17, 15) is 0 Å². The molecule has 18 heavy (non-hydrogen) atoms. The van der Waals surface area contributed by atoms with Gasteiger partial charge in [0.05, 0.1) is 11.7 Å². The molecule has 2 atom stereocenters. The first-order valence-corrected chi connectivity index (χ1v) is 6.85. The largest absolute Gasteiger partial charge is 0.301 e. The molecule has 2 unspecified atom stereocenters. The van der Waals surface area contributed by atoms with Crippen LogP contribution in [0, 0.1) is 13.8 Å². The summed E-state index contributed by atoms with van der Waals surface area (Å²) in [6.07, 6.45) is 3.76. The molecule has 1 saturated heterocycles. The Hall–Kier alpha value is -1.35. The van der Waals surface area contributed by atoms with E-state index in [2.05, 4.69) is 42.3 Å². The summed E-state index contributed by atoms with van der Waals surface area (Å²) in [7, 11) is 2.26. The Kier molecular flexibility index (Phi) is 1.97. The van der Waals surface area contributed by atoms with Crippen molar-refractivity contribution in [1.82, 2.24) is 14.3 Å². The van der Waals surface area contributed by atoms with Crippen LogP contribution in [0.3, 0.4) is 0 Å². The van der Waals surface area contributed by atoms with Gasteiger partial charge in [0.15, 0.2) is 0 Å². The van der Waals surface area contributed by atoms with E-state index in [0.717, 1.165) is 18.1 Å². The van der Waals surface area contributed by atoms with Crippen LogP contribution in [0.15, 0.2) is 12.1 Å². The number of rotatable bonds is 0. The summed E-state index contributed by atoms with van der Waals surface area (Å²) in [5.74, 6) is 0. The van der Waals surface area contributed by atoms with Gasteiger partial charge in [-0.05, 0) is 51.4 Å². The van der Waals surface area contributed by atoms with Gasteiger partial charge in [-0.1, -0.05) is 0 Å². The van der Waals surface area contributed by atoms with Crippen LogP contribution >= 0.6 is 0 Å². The van der Waals surface area contributed by atoms with E-state index in [1.165, 1.54) is 35.5 Å². The maximum absolute atomic E-state index is 4.93. The van der Waals surface area contributed by atoms with E-state index in [0.29, 0.717) is 6.04 Å². The summed E-state index contributed by atoms with van der Waals surface area (Å²) in [4.78, 5) is 7.45. The van der Waals surface area contributed by atoms with E-state index < -0.39 is 0 Å². The number of aromatic nitrogens is 2. The molecule has 0 spiro atoms. The number of nitrogens with zero attached hydrogens (tertiary/aromatic N) is 3. The highest BCUT2D eigenvalue weighted by Crippen LogP contribution is 2.42. The first-order valence-electron chi connectivity index (χ1n) is 6.85. The standard InChI is InChI=1S/C15H19N3/c1-9-6-10(2)18-13-8-11-4-5-12(17(11)3)15(13)16-14(18)7-9/h6-7,11-12H,4-5,8H2,1-3H3. The van der Waals surface area contributed by atoms with Crippen molar-refractivity contribution in [3.8, 4) is 0 Å². The molecular weight excluding hydrogens is 222 g/mol. The van der Waals surface area contributed by atoms with Crippen molar-refractivity contribution in [2.45, 2.75) is 45.2 Å². The normalized spacial score (nSPS) is 26.8. The molecule has 0 radical (unpaired) electrons. The molecule has 0 saturated carbocycles. The third-order valence-corrected chi connectivity index (χ3v) is 4.76. The molecule has 0 amide bonds. The van der Waals surface area contributed by atoms with Crippen LogP contribution in [0.2, 0.25) is 0 Å². The van der Waals surface area contributed by atoms with Gasteiger partial charge in [0.2, 0.25) is 0 Å². The Morgan fingerprint density at radius 1 is 1.22 bits per heavy atom. The van der Waals surface area contributed by atoms with Crippen LogP contribution in [0.5, 0.6) is 0 Å². The third kappa shape index (κ3) is 1.20. The minimum atomic E-state index is 0.554. The molecule has 0 aromatic carbocycles. The second kappa shape index (κ2) is 3.35. The summed E-state index contributed by atoms with van der Waals surface area (Å²) >= 11 is 0. The molecule has 0 N–H and O–H groups in total. The molecule has 2 aromatic rings. The predicted octanol–water partition coefficient (Wildman–Crippen LogP) is 2.64. The lowest BCUT2D eigenvalue weighted by atomic mass is 10.0. The Balaban J connectivity index is 2.03. The van der Waals surface area contributed by atoms with Crippen molar-refractivity contribution < 1.29 is 0 Å². The topological polar surface area (TPSA) is 20.5 Å². The molecule has 2 bridgehead atoms. The van der Waals surface area contributed by atoms with Crippen LogP contribution < -0.4 is 0 Å². The van der Waals surface area contributed by atoms with Gasteiger partial charge in [0.1, 0.15) is 5.65 Å². The fourth-order valence-corrected chi connectivity index (χ4v) is 3.89. The minimum absolute atomic E-state index is 0.554. The summed E-state index contributed by atoms with van der Waals surface area (Å²) in [6.45, 7) is 4.35. The van der Waals surface area contributed by atoms with Crippen molar-refractivity contribution in [1.29, 1.82) is 0 Å². The van der Waals surface area contributed by atoms with Crippen molar-refractivity contribution in [2.24, 2.45) is 0 Å². The van der Waals surface area contributed by atoms with Crippen molar-refractivity contribution in [3.05, 3.63) is 34.8 Å². The average Bonchev–Trinajstić information content (AvgIpc) is 2.77. The molecular formula is C15H19N3. The molecule has 4 heterocycles. The Morgan fingerprint density at radius 3 is 2.89 bits per heavy atom. The summed E-state index contributed by atoms with van der Waals surface area (Å²) in [6, 6.07) is 5.75. The smallest absolute Gasteiger partial charge is 0.137 e. The van der Waals surface area contributed by atoms with Gasteiger partial charge in [0, 0.05) is 23.9 Å². The lowest BCUT2D eigenvalue weighted by Crippen LogP contribution is -2.34. The molecule has 1 fully saturated rings. The van der Waals surface area contributed by atoms with Gasteiger partial charge >= 0.3 is 0 Å². The second-order valence-electron chi connectivity index (χ2n) is 5.93. The Morgan fingerprint density at radius 2 is 2.06 bits per heavy atom. The maximum Gasteiger partial charge on any atom is 0.137 e. The number of hydrogen-bond donors (Lipinski definition) is 0.